The first kappa shape index (κ1) is 16.4. The standard InChI is InChI=1S/C16H18BrN3O2/c1-3-18-13(2)19-8-10-20(11-9-19)16(21)12-22-15-6-4-14(17)5-7-15/h1,4-7H,8-12H2,2H3. The number of amides is 1. The lowest BCUT2D eigenvalue weighted by molar-refractivity contribution is -0.134. The first-order valence-corrected chi connectivity index (χ1v) is 7.80. The highest BCUT2D eigenvalue weighted by molar-refractivity contribution is 9.10. The molecule has 0 aromatic heterocycles. The molecule has 0 saturated carbocycles. The highest BCUT2D eigenvalue weighted by atomic mass is 79.9. The van der Waals surface area contributed by atoms with Crippen LogP contribution < -0.4 is 4.74 Å². The average Bonchev–Trinajstić information content (AvgIpc) is 2.54. The molecule has 6 heteroatoms. The van der Waals surface area contributed by atoms with Gasteiger partial charge in [-0.2, -0.15) is 4.99 Å². The van der Waals surface area contributed by atoms with Gasteiger partial charge in [0.15, 0.2) is 6.61 Å². The maximum atomic E-state index is 12.2. The van der Waals surface area contributed by atoms with Crippen LogP contribution in [-0.4, -0.2) is 54.3 Å². The van der Waals surface area contributed by atoms with E-state index in [4.69, 9.17) is 11.2 Å². The maximum absolute atomic E-state index is 12.2. The Labute approximate surface area is 139 Å². The molecule has 0 aliphatic carbocycles. The monoisotopic (exact) mass is 363 g/mol. The average molecular weight is 364 g/mol. The van der Waals surface area contributed by atoms with Crippen LogP contribution in [0.15, 0.2) is 33.7 Å². The third-order valence-corrected chi connectivity index (χ3v) is 4.02. The van der Waals surface area contributed by atoms with Crippen LogP contribution in [0.25, 0.3) is 0 Å². The lowest BCUT2D eigenvalue weighted by Gasteiger charge is -2.35. The Bertz CT molecular complexity index is 584. The van der Waals surface area contributed by atoms with Gasteiger partial charge in [0.05, 0.1) is 0 Å². The lowest BCUT2D eigenvalue weighted by atomic mass is 10.3. The van der Waals surface area contributed by atoms with E-state index in [2.05, 4.69) is 31.9 Å². The highest BCUT2D eigenvalue weighted by Crippen LogP contribution is 2.16. The molecule has 0 spiro atoms. The van der Waals surface area contributed by atoms with Crippen LogP contribution in [0.3, 0.4) is 0 Å². The summed E-state index contributed by atoms with van der Waals surface area (Å²) >= 11 is 3.36. The first-order chi connectivity index (χ1) is 10.6. The normalized spacial score (nSPS) is 15.4. The number of benzene rings is 1. The summed E-state index contributed by atoms with van der Waals surface area (Å²) in [7, 11) is 0. The predicted molar refractivity (Wildman–Crippen MR) is 89.7 cm³/mol. The van der Waals surface area contributed by atoms with E-state index in [9.17, 15) is 4.79 Å². The van der Waals surface area contributed by atoms with Crippen LogP contribution in [0.5, 0.6) is 5.75 Å². The summed E-state index contributed by atoms with van der Waals surface area (Å²) in [5, 5.41) is 0. The second-order valence-corrected chi connectivity index (χ2v) is 5.81. The number of carbonyl (C=O) groups is 1. The minimum atomic E-state index is -0.00545. The lowest BCUT2D eigenvalue weighted by Crippen LogP contribution is -2.51. The molecule has 2 rings (SSSR count). The molecule has 5 nitrogen and oxygen atoms in total. The van der Waals surface area contributed by atoms with Gasteiger partial charge in [-0.1, -0.05) is 22.4 Å². The Morgan fingerprint density at radius 2 is 1.86 bits per heavy atom. The maximum Gasteiger partial charge on any atom is 0.260 e. The van der Waals surface area contributed by atoms with Crippen LogP contribution in [0.4, 0.5) is 0 Å². The smallest absolute Gasteiger partial charge is 0.260 e. The van der Waals surface area contributed by atoms with E-state index in [0.717, 1.165) is 23.4 Å². The van der Waals surface area contributed by atoms with Crippen molar-refractivity contribution in [2.75, 3.05) is 32.8 Å². The quantitative estimate of drug-likeness (QED) is 0.468. The Kier molecular flexibility index (Phi) is 5.84. The molecular weight excluding hydrogens is 346 g/mol. The van der Waals surface area contributed by atoms with E-state index in [1.165, 1.54) is 0 Å². The first-order valence-electron chi connectivity index (χ1n) is 7.01. The van der Waals surface area contributed by atoms with Gasteiger partial charge in [0, 0.05) is 36.7 Å². The molecule has 0 bridgehead atoms. The van der Waals surface area contributed by atoms with Crippen molar-refractivity contribution in [1.29, 1.82) is 0 Å². The van der Waals surface area contributed by atoms with Gasteiger partial charge in [-0.3, -0.25) is 4.79 Å². The summed E-state index contributed by atoms with van der Waals surface area (Å²) in [6, 6.07) is 9.70. The van der Waals surface area contributed by atoms with E-state index in [0.29, 0.717) is 18.8 Å². The molecule has 0 radical (unpaired) electrons. The Balaban J connectivity index is 1.79. The molecule has 1 fully saturated rings. The van der Waals surface area contributed by atoms with E-state index in [1.807, 2.05) is 31.2 Å². The number of amidine groups is 1. The summed E-state index contributed by atoms with van der Waals surface area (Å²) in [4.78, 5) is 20.0. The summed E-state index contributed by atoms with van der Waals surface area (Å²) < 4.78 is 6.49. The fraction of sp³-hybridized carbons (Fsp3) is 0.375. The van der Waals surface area contributed by atoms with Crippen LogP contribution in [-0.2, 0) is 4.79 Å². The van der Waals surface area contributed by atoms with Crippen LogP contribution in [0.1, 0.15) is 6.92 Å². The molecule has 1 aromatic carbocycles. The minimum Gasteiger partial charge on any atom is -0.484 e. The molecule has 0 N–H and O–H groups in total. The third kappa shape index (κ3) is 4.50. The summed E-state index contributed by atoms with van der Waals surface area (Å²) in [5.74, 6) is 1.50. The van der Waals surface area contributed by atoms with Gasteiger partial charge in [0.2, 0.25) is 0 Å². The van der Waals surface area contributed by atoms with E-state index in [1.54, 1.807) is 4.90 Å². The van der Waals surface area contributed by atoms with Crippen LogP contribution in [0.2, 0.25) is 0 Å². The van der Waals surface area contributed by atoms with E-state index >= 15 is 0 Å². The fourth-order valence-corrected chi connectivity index (χ4v) is 2.48. The Hall–Kier alpha value is -2.00. The largest absolute Gasteiger partial charge is 0.484 e. The second kappa shape index (κ2) is 7.85. The number of rotatable bonds is 3. The molecule has 1 saturated heterocycles. The summed E-state index contributed by atoms with van der Waals surface area (Å²) in [6.07, 6.45) is 5.17. The summed E-state index contributed by atoms with van der Waals surface area (Å²) in [5.41, 5.74) is 0. The number of hydrogen-bond acceptors (Lipinski definition) is 3. The van der Waals surface area contributed by atoms with Crippen molar-refractivity contribution in [3.8, 4) is 18.2 Å². The fourth-order valence-electron chi connectivity index (χ4n) is 2.21. The number of halogens is 1. The number of carbonyl (C=O) groups excluding carboxylic acids is 1. The van der Waals surface area contributed by atoms with Crippen LogP contribution >= 0.6 is 15.9 Å². The van der Waals surface area contributed by atoms with Gasteiger partial charge in [-0.15, -0.1) is 0 Å². The minimum absolute atomic E-state index is 0.00545. The molecule has 116 valence electrons. The van der Waals surface area contributed by atoms with Gasteiger partial charge < -0.3 is 14.5 Å². The third-order valence-electron chi connectivity index (χ3n) is 3.49. The summed E-state index contributed by atoms with van der Waals surface area (Å²) in [6.45, 7) is 4.72. The zero-order chi connectivity index (χ0) is 15.9. The van der Waals surface area contributed by atoms with Gasteiger partial charge in [0.1, 0.15) is 11.6 Å². The number of piperazine rings is 1. The van der Waals surface area contributed by atoms with Gasteiger partial charge in [-0.25, -0.2) is 0 Å². The van der Waals surface area contributed by atoms with E-state index < -0.39 is 0 Å². The van der Waals surface area contributed by atoms with Crippen LogP contribution in [0, 0.1) is 12.5 Å². The van der Waals surface area contributed by atoms with Crippen molar-refractivity contribution >= 4 is 27.7 Å². The van der Waals surface area contributed by atoms with Crippen molar-refractivity contribution in [3.05, 3.63) is 28.7 Å². The van der Waals surface area contributed by atoms with Gasteiger partial charge in [-0.05, 0) is 31.2 Å². The molecule has 0 atom stereocenters. The van der Waals surface area contributed by atoms with Gasteiger partial charge in [0.25, 0.3) is 5.91 Å². The predicted octanol–water partition coefficient (Wildman–Crippen LogP) is 1.98. The SMILES string of the molecule is C#CN=C(C)N1CCN(C(=O)COc2ccc(Br)cc2)CC1. The van der Waals surface area contributed by atoms with E-state index in [-0.39, 0.29) is 12.5 Å². The molecule has 1 aliphatic heterocycles. The molecule has 22 heavy (non-hydrogen) atoms. The molecule has 0 unspecified atom stereocenters. The van der Waals surface area contributed by atoms with Crippen molar-refractivity contribution in [3.63, 3.8) is 0 Å². The molecular formula is C16H18BrN3O2. The van der Waals surface area contributed by atoms with Crippen molar-refractivity contribution < 1.29 is 9.53 Å². The Morgan fingerprint density at radius 1 is 1.27 bits per heavy atom. The number of hydrogen-bond donors (Lipinski definition) is 0. The molecule has 1 amide bonds. The number of ether oxygens (including phenoxy) is 1. The zero-order valence-corrected chi connectivity index (χ0v) is 14.0. The molecule has 1 aliphatic rings. The number of terminal acetylenes is 1. The van der Waals surface area contributed by atoms with Crippen molar-refractivity contribution in [2.45, 2.75) is 6.92 Å². The number of aliphatic imine (C=N–C) groups is 1. The second-order valence-electron chi connectivity index (χ2n) is 4.90. The van der Waals surface area contributed by atoms with Crippen molar-refractivity contribution in [2.24, 2.45) is 4.99 Å². The van der Waals surface area contributed by atoms with Gasteiger partial charge >= 0.3 is 0 Å². The Morgan fingerprint density at radius 3 is 2.45 bits per heavy atom. The topological polar surface area (TPSA) is 45.1 Å². The highest BCUT2D eigenvalue weighted by Gasteiger charge is 2.21. The number of nitrogens with zero attached hydrogens (tertiary/aromatic N) is 3. The van der Waals surface area contributed by atoms with Crippen molar-refractivity contribution in [1.82, 2.24) is 9.80 Å². The molecule has 1 aromatic rings. The zero-order valence-electron chi connectivity index (χ0n) is 12.5. The molecule has 1 heterocycles.